The number of aliphatic hydroxyl groups is 1. The van der Waals surface area contributed by atoms with Gasteiger partial charge in [-0.2, -0.15) is 0 Å². The summed E-state index contributed by atoms with van der Waals surface area (Å²) in [5.74, 6) is -0.645. The Morgan fingerprint density at radius 3 is 0.809 bits per heavy atom. The Hall–Kier alpha value is -1.94. The highest BCUT2D eigenvalue weighted by Gasteiger charge is 2.30. The van der Waals surface area contributed by atoms with Gasteiger partial charge in [-0.05, 0) is 37.5 Å². The van der Waals surface area contributed by atoms with E-state index in [0.717, 1.165) is 108 Å². The van der Waals surface area contributed by atoms with Crippen LogP contribution < -0.4 is 0 Å². The van der Waals surface area contributed by atoms with Gasteiger partial charge in [0.25, 0.3) is 0 Å². The summed E-state index contributed by atoms with van der Waals surface area (Å²) in [5.41, 5.74) is 0. The Bertz CT molecular complexity index is 1820. The standard InChI is InChI=1S/C75H146O17P2/c1-7-10-12-14-16-18-20-21-22-23-24-25-26-27-28-29-31-35-40-48-54-60-75(80)91-70(63-85-72(77)57-51-45-38-36-32-33-37-43-49-55-67(4)5)65-89-93(81,82)87-61-69(76)62-88-94(83,84)90-66-71(64-86-73(78)58-52-46-42-41-44-50-56-68(6)9-3)92-74(79)59-53-47-39-34-30-19-17-15-13-11-8-2/h67-71,76H,7-66H2,1-6H3,(H,81,82)(H,83,84)/t68?,69-,70-,71-/m1/s1. The van der Waals surface area contributed by atoms with E-state index in [4.69, 9.17) is 37.0 Å². The average molecular weight is 1380 g/mol. The maximum atomic E-state index is 13.1. The fraction of sp³-hybridized carbons (Fsp3) is 0.947. The normalized spacial score (nSPS) is 14.3. The highest BCUT2D eigenvalue weighted by atomic mass is 31.2. The highest BCUT2D eigenvalue weighted by molar-refractivity contribution is 7.47. The predicted molar refractivity (Wildman–Crippen MR) is 381 cm³/mol. The lowest BCUT2D eigenvalue weighted by Gasteiger charge is -2.21. The van der Waals surface area contributed by atoms with Crippen LogP contribution in [0.15, 0.2) is 0 Å². The summed E-state index contributed by atoms with van der Waals surface area (Å²) in [6.07, 6.45) is 54.3. The first-order chi connectivity index (χ1) is 45.4. The Balaban J connectivity index is 5.19. The molecule has 0 heterocycles. The Kier molecular flexibility index (Phi) is 65.5. The number of hydrogen-bond donors (Lipinski definition) is 3. The van der Waals surface area contributed by atoms with Crippen molar-refractivity contribution in [3.63, 3.8) is 0 Å². The zero-order valence-electron chi connectivity index (χ0n) is 61.3. The van der Waals surface area contributed by atoms with Gasteiger partial charge in [0.1, 0.15) is 19.3 Å². The van der Waals surface area contributed by atoms with Crippen LogP contribution in [0.5, 0.6) is 0 Å². The first kappa shape index (κ1) is 92.1. The van der Waals surface area contributed by atoms with E-state index in [0.29, 0.717) is 25.7 Å². The van der Waals surface area contributed by atoms with Crippen molar-refractivity contribution < 1.29 is 80.2 Å². The van der Waals surface area contributed by atoms with Crippen LogP contribution >= 0.6 is 15.6 Å². The number of carbonyl (C=O) groups excluding carboxylic acids is 4. The number of hydrogen-bond acceptors (Lipinski definition) is 15. The molecule has 6 atom stereocenters. The minimum Gasteiger partial charge on any atom is -0.462 e. The van der Waals surface area contributed by atoms with Gasteiger partial charge in [0, 0.05) is 25.7 Å². The maximum absolute atomic E-state index is 13.1. The number of rotatable bonds is 74. The quantitative estimate of drug-likeness (QED) is 0.0222. The molecule has 0 fully saturated rings. The lowest BCUT2D eigenvalue weighted by Crippen LogP contribution is -2.30. The van der Waals surface area contributed by atoms with Crippen LogP contribution in [0.2, 0.25) is 0 Å². The molecule has 0 spiro atoms. The number of unbranched alkanes of at least 4 members (excludes halogenated alkanes) is 43. The summed E-state index contributed by atoms with van der Waals surface area (Å²) in [6, 6.07) is 0. The first-order valence-electron chi connectivity index (χ1n) is 39.0. The molecule has 0 bridgehead atoms. The number of phosphoric acid groups is 2. The minimum atomic E-state index is -4.96. The van der Waals surface area contributed by atoms with Crippen LogP contribution in [0.4, 0.5) is 0 Å². The second-order valence-electron chi connectivity index (χ2n) is 27.8. The van der Waals surface area contributed by atoms with E-state index in [1.54, 1.807) is 0 Å². The van der Waals surface area contributed by atoms with E-state index in [1.165, 1.54) is 199 Å². The molecule has 3 unspecified atom stereocenters. The van der Waals surface area contributed by atoms with Crippen LogP contribution in [0, 0.1) is 11.8 Å². The van der Waals surface area contributed by atoms with E-state index in [2.05, 4.69) is 41.5 Å². The molecule has 558 valence electrons. The van der Waals surface area contributed by atoms with Gasteiger partial charge in [-0.25, -0.2) is 9.13 Å². The molecular weight excluding hydrogens is 1230 g/mol. The van der Waals surface area contributed by atoms with Crippen molar-refractivity contribution in [3.8, 4) is 0 Å². The molecule has 0 aromatic carbocycles. The molecule has 0 aliphatic rings. The van der Waals surface area contributed by atoms with E-state index in [9.17, 15) is 43.2 Å². The molecule has 0 aliphatic heterocycles. The monoisotopic (exact) mass is 1380 g/mol. The summed E-state index contributed by atoms with van der Waals surface area (Å²) in [5, 5.41) is 10.6. The van der Waals surface area contributed by atoms with Gasteiger partial charge in [0.15, 0.2) is 12.2 Å². The SMILES string of the molecule is CCCCCCCCCCCCCCCCCCCCCCCC(=O)O[C@H](COC(=O)CCCCCCCCCCCC(C)C)COP(=O)(O)OC[C@@H](O)COP(=O)(O)OC[C@@H](COC(=O)CCCCCCCCC(C)CC)OC(=O)CCCCCCCCCCCCC. The summed E-state index contributed by atoms with van der Waals surface area (Å²) in [6.45, 7) is 9.52. The molecule has 0 saturated carbocycles. The van der Waals surface area contributed by atoms with Crippen molar-refractivity contribution in [2.24, 2.45) is 11.8 Å². The zero-order chi connectivity index (χ0) is 69.3. The predicted octanol–water partition coefficient (Wildman–Crippen LogP) is 21.9. The number of phosphoric ester groups is 2. The molecule has 0 aromatic heterocycles. The third-order valence-electron chi connectivity index (χ3n) is 17.8. The van der Waals surface area contributed by atoms with Gasteiger partial charge in [-0.15, -0.1) is 0 Å². The summed E-state index contributed by atoms with van der Waals surface area (Å²) in [4.78, 5) is 72.7. The second-order valence-corrected chi connectivity index (χ2v) is 30.7. The lowest BCUT2D eigenvalue weighted by atomic mass is 10.00. The highest BCUT2D eigenvalue weighted by Crippen LogP contribution is 2.45. The van der Waals surface area contributed by atoms with Crippen LogP contribution in [-0.2, 0) is 65.4 Å². The molecule has 0 aliphatic carbocycles. The second kappa shape index (κ2) is 66.9. The van der Waals surface area contributed by atoms with Gasteiger partial charge in [0.05, 0.1) is 26.4 Å². The van der Waals surface area contributed by atoms with E-state index in [1.807, 2.05) is 0 Å². The van der Waals surface area contributed by atoms with Gasteiger partial charge in [-0.1, -0.05) is 337 Å². The molecule has 17 nitrogen and oxygen atoms in total. The van der Waals surface area contributed by atoms with Crippen LogP contribution in [0.3, 0.4) is 0 Å². The Labute approximate surface area is 575 Å². The van der Waals surface area contributed by atoms with Crippen LogP contribution in [0.1, 0.15) is 388 Å². The molecule has 0 saturated heterocycles. The topological polar surface area (TPSA) is 237 Å². The average Bonchev–Trinajstić information content (AvgIpc) is 1.90. The summed E-state index contributed by atoms with van der Waals surface area (Å²) < 4.78 is 68.4. The molecule has 3 N–H and O–H groups in total. The van der Waals surface area contributed by atoms with Crippen molar-refractivity contribution in [3.05, 3.63) is 0 Å². The van der Waals surface area contributed by atoms with Gasteiger partial charge in [-0.3, -0.25) is 37.3 Å². The number of carbonyl (C=O) groups is 4. The first-order valence-corrected chi connectivity index (χ1v) is 42.0. The van der Waals surface area contributed by atoms with Gasteiger partial charge < -0.3 is 33.8 Å². The third kappa shape index (κ3) is 67.3. The minimum absolute atomic E-state index is 0.106. The molecule has 94 heavy (non-hydrogen) atoms. The summed E-state index contributed by atoms with van der Waals surface area (Å²) in [7, 11) is -9.91. The Morgan fingerprint density at radius 1 is 0.309 bits per heavy atom. The number of esters is 4. The third-order valence-corrected chi connectivity index (χ3v) is 19.7. The van der Waals surface area contributed by atoms with Crippen LogP contribution in [-0.4, -0.2) is 96.7 Å². The van der Waals surface area contributed by atoms with Crippen molar-refractivity contribution in [1.82, 2.24) is 0 Å². The van der Waals surface area contributed by atoms with Crippen LogP contribution in [0.25, 0.3) is 0 Å². The van der Waals surface area contributed by atoms with Crippen molar-refractivity contribution in [1.29, 1.82) is 0 Å². The van der Waals surface area contributed by atoms with E-state index in [-0.39, 0.29) is 25.7 Å². The summed E-state index contributed by atoms with van der Waals surface area (Å²) >= 11 is 0. The molecule has 0 aromatic rings. The fourth-order valence-electron chi connectivity index (χ4n) is 11.4. The van der Waals surface area contributed by atoms with E-state index < -0.39 is 97.5 Å². The molecule has 0 amide bonds. The largest absolute Gasteiger partial charge is 0.472 e. The lowest BCUT2D eigenvalue weighted by molar-refractivity contribution is -0.161. The molecular formula is C75H146O17P2. The van der Waals surface area contributed by atoms with Crippen molar-refractivity contribution in [2.75, 3.05) is 39.6 Å². The smallest absolute Gasteiger partial charge is 0.462 e. The van der Waals surface area contributed by atoms with Gasteiger partial charge in [0.2, 0.25) is 0 Å². The maximum Gasteiger partial charge on any atom is 0.472 e. The van der Waals surface area contributed by atoms with Crippen molar-refractivity contribution in [2.45, 2.75) is 407 Å². The molecule has 0 radical (unpaired) electrons. The zero-order valence-corrected chi connectivity index (χ0v) is 63.1. The Morgan fingerprint density at radius 2 is 0.543 bits per heavy atom. The number of ether oxygens (including phenoxy) is 4. The molecule has 0 rings (SSSR count). The molecule has 19 heteroatoms. The fourth-order valence-corrected chi connectivity index (χ4v) is 13.0. The number of aliphatic hydroxyl groups excluding tert-OH is 1. The van der Waals surface area contributed by atoms with Gasteiger partial charge >= 0.3 is 39.5 Å². The van der Waals surface area contributed by atoms with Crippen molar-refractivity contribution >= 4 is 39.5 Å². The van der Waals surface area contributed by atoms with E-state index >= 15 is 0 Å².